The van der Waals surface area contributed by atoms with Crippen LogP contribution in [0.1, 0.15) is 108 Å². The van der Waals surface area contributed by atoms with Gasteiger partial charge in [0, 0.05) is 6.04 Å². The van der Waals surface area contributed by atoms with Gasteiger partial charge >= 0.3 is 5.97 Å². The van der Waals surface area contributed by atoms with Crippen LogP contribution >= 0.6 is 11.3 Å². The Morgan fingerprint density at radius 2 is 1.70 bits per heavy atom. The van der Waals surface area contributed by atoms with E-state index >= 15 is 0 Å². The first-order valence-electron chi connectivity index (χ1n) is 14.4. The lowest BCUT2D eigenvalue weighted by Crippen LogP contribution is -2.46. The minimum absolute atomic E-state index is 0.0597. The fraction of sp³-hybridized carbons (Fsp3) is 0.645. The molecule has 2 aliphatic carbocycles. The van der Waals surface area contributed by atoms with Crippen LogP contribution in [0.15, 0.2) is 23.1 Å². The second-order valence-electron chi connectivity index (χ2n) is 14.0. The van der Waals surface area contributed by atoms with Crippen molar-refractivity contribution in [2.75, 3.05) is 5.75 Å². The van der Waals surface area contributed by atoms with Crippen LogP contribution in [-0.4, -0.2) is 42.2 Å². The van der Waals surface area contributed by atoms with Gasteiger partial charge in [0.25, 0.3) is 5.91 Å². The average molecular weight is 589 g/mol. The monoisotopic (exact) mass is 588 g/mol. The number of sulfone groups is 1. The minimum atomic E-state index is -3.51. The van der Waals surface area contributed by atoms with Gasteiger partial charge in [0.15, 0.2) is 14.8 Å². The molecule has 9 heteroatoms. The molecule has 2 saturated carbocycles. The first-order valence-corrected chi connectivity index (χ1v) is 16.9. The average Bonchev–Trinajstić information content (AvgIpc) is 3.22. The van der Waals surface area contributed by atoms with E-state index in [1.165, 1.54) is 30.6 Å². The zero-order valence-electron chi connectivity index (χ0n) is 24.7. The largest absolute Gasteiger partial charge is 0.481 e. The number of carboxylic acids is 1. The summed E-state index contributed by atoms with van der Waals surface area (Å²) in [6.45, 7) is 11.9. The number of rotatable bonds is 8. The minimum Gasteiger partial charge on any atom is -0.481 e. The van der Waals surface area contributed by atoms with E-state index in [2.05, 4.69) is 5.32 Å². The van der Waals surface area contributed by atoms with E-state index in [1.54, 1.807) is 6.07 Å². The molecule has 4 rings (SSSR count). The molecule has 40 heavy (non-hydrogen) atoms. The van der Waals surface area contributed by atoms with Crippen molar-refractivity contribution in [2.24, 2.45) is 17.3 Å². The van der Waals surface area contributed by atoms with Gasteiger partial charge in [-0.2, -0.15) is 0 Å². The summed E-state index contributed by atoms with van der Waals surface area (Å²) >= 11 is 1.35. The molecule has 0 unspecified atom stereocenters. The molecule has 2 N–H and O–H groups in total. The smallest absolute Gasteiger partial charge is 0.306 e. The highest BCUT2D eigenvalue weighted by Crippen LogP contribution is 2.40. The lowest BCUT2D eigenvalue weighted by atomic mass is 9.80. The normalized spacial score (nSPS) is 20.6. The van der Waals surface area contributed by atoms with Gasteiger partial charge in [-0.15, -0.1) is 11.3 Å². The summed E-state index contributed by atoms with van der Waals surface area (Å²) in [6, 6.07) is 5.44. The van der Waals surface area contributed by atoms with Crippen molar-refractivity contribution in [1.82, 2.24) is 10.3 Å². The number of hydrogen-bond acceptors (Lipinski definition) is 6. The van der Waals surface area contributed by atoms with Crippen LogP contribution in [0.3, 0.4) is 0 Å². The van der Waals surface area contributed by atoms with Crippen LogP contribution in [0, 0.1) is 17.3 Å². The van der Waals surface area contributed by atoms with E-state index in [9.17, 15) is 18.0 Å². The predicted octanol–water partition coefficient (Wildman–Crippen LogP) is 6.64. The number of amides is 1. The zero-order valence-corrected chi connectivity index (χ0v) is 26.3. The maximum absolute atomic E-state index is 13.5. The topological polar surface area (TPSA) is 113 Å². The fourth-order valence-electron chi connectivity index (χ4n) is 5.84. The third kappa shape index (κ3) is 7.32. The molecule has 1 aromatic carbocycles. The molecule has 2 aromatic rings. The number of carbonyl (C=O) groups excluding carboxylic acids is 1. The molecule has 2 fully saturated rings. The van der Waals surface area contributed by atoms with E-state index in [0.29, 0.717) is 28.7 Å². The summed E-state index contributed by atoms with van der Waals surface area (Å²) < 4.78 is 27.0. The summed E-state index contributed by atoms with van der Waals surface area (Å²) in [5.41, 5.74) is 1.77. The van der Waals surface area contributed by atoms with Crippen molar-refractivity contribution in [3.05, 3.63) is 34.5 Å². The van der Waals surface area contributed by atoms with Crippen LogP contribution in [0.25, 0.3) is 10.4 Å². The van der Waals surface area contributed by atoms with E-state index in [-0.39, 0.29) is 23.1 Å². The first kappa shape index (κ1) is 30.7. The van der Waals surface area contributed by atoms with Crippen LogP contribution in [0.5, 0.6) is 0 Å². The van der Waals surface area contributed by atoms with Gasteiger partial charge < -0.3 is 10.4 Å². The van der Waals surface area contributed by atoms with E-state index in [0.717, 1.165) is 41.0 Å². The van der Waals surface area contributed by atoms with Crippen LogP contribution in [-0.2, 0) is 26.5 Å². The molecule has 0 bridgehead atoms. The number of nitrogens with one attached hydrogen (secondary N) is 1. The van der Waals surface area contributed by atoms with Crippen molar-refractivity contribution < 1.29 is 23.1 Å². The third-order valence-electron chi connectivity index (χ3n) is 7.93. The van der Waals surface area contributed by atoms with Crippen LogP contribution in [0.4, 0.5) is 0 Å². The summed E-state index contributed by atoms with van der Waals surface area (Å²) in [6.07, 6.45) is 7.63. The maximum Gasteiger partial charge on any atom is 0.306 e. The number of carbonyl (C=O) groups is 2. The van der Waals surface area contributed by atoms with E-state index in [4.69, 9.17) is 10.1 Å². The second-order valence-corrected chi connectivity index (χ2v) is 16.9. The Balaban J connectivity index is 1.71. The molecular weight excluding hydrogens is 544 g/mol. The molecule has 0 saturated heterocycles. The molecule has 1 heterocycles. The maximum atomic E-state index is 13.5. The number of aliphatic carboxylic acids is 1. The molecule has 1 aromatic heterocycles. The molecule has 220 valence electrons. The molecule has 0 radical (unpaired) electrons. The van der Waals surface area contributed by atoms with Crippen LogP contribution < -0.4 is 5.32 Å². The third-order valence-corrected chi connectivity index (χ3v) is 11.3. The molecule has 0 atom stereocenters. The number of hydrogen-bond donors (Lipinski definition) is 2. The van der Waals surface area contributed by atoms with Gasteiger partial charge in [0.05, 0.1) is 27.1 Å². The molecule has 0 aliphatic heterocycles. The summed E-state index contributed by atoms with van der Waals surface area (Å²) in [5.74, 6) is -0.913. The molecule has 7 nitrogen and oxygen atoms in total. The van der Waals surface area contributed by atoms with Gasteiger partial charge in [-0.3, -0.25) is 9.59 Å². The Bertz CT molecular complexity index is 1350. The second kappa shape index (κ2) is 11.6. The fourth-order valence-corrected chi connectivity index (χ4v) is 9.10. The SMILES string of the molecule is CC(C)(C)CS(=O)(=O)c1ccc(-c2sc(C(=O)NC3CC(C(=O)O)C3)nc2CC2CCCCC2)cc1C(C)(C)C. The van der Waals surface area contributed by atoms with Gasteiger partial charge in [-0.1, -0.05) is 79.7 Å². The van der Waals surface area contributed by atoms with Crippen molar-refractivity contribution in [3.8, 4) is 10.4 Å². The summed E-state index contributed by atoms with van der Waals surface area (Å²) in [5, 5.41) is 12.5. The number of thiazole rings is 1. The highest BCUT2D eigenvalue weighted by molar-refractivity contribution is 7.91. The van der Waals surface area contributed by atoms with Gasteiger partial charge in [0.2, 0.25) is 0 Å². The summed E-state index contributed by atoms with van der Waals surface area (Å²) in [4.78, 5) is 30.4. The highest BCUT2D eigenvalue weighted by Gasteiger charge is 2.36. The van der Waals surface area contributed by atoms with Crippen LogP contribution in [0.2, 0.25) is 0 Å². The Labute approximate surface area is 243 Å². The Hall–Kier alpha value is -2.26. The Morgan fingerprint density at radius 3 is 2.27 bits per heavy atom. The Morgan fingerprint density at radius 1 is 1.05 bits per heavy atom. The van der Waals surface area contributed by atoms with Gasteiger partial charge in [-0.05, 0) is 59.3 Å². The quantitative estimate of drug-likeness (QED) is 0.357. The highest BCUT2D eigenvalue weighted by atomic mass is 32.2. The molecule has 1 amide bonds. The van der Waals surface area contributed by atoms with Crippen molar-refractivity contribution in [2.45, 2.75) is 109 Å². The number of nitrogens with zero attached hydrogens (tertiary/aromatic N) is 1. The van der Waals surface area contributed by atoms with Crippen molar-refractivity contribution in [1.29, 1.82) is 0 Å². The standard InChI is InChI=1S/C31H44N2O5S2/c1-30(2,3)18-40(37,38)25-13-12-20(17-23(25)31(4,5)6)26-24(14-19-10-8-7-9-11-19)33-28(39-26)27(34)32-22-15-21(16-22)29(35)36/h12-13,17,19,21-22H,7-11,14-16,18H2,1-6H3,(H,32,34)(H,35,36). The first-order chi connectivity index (χ1) is 18.5. The van der Waals surface area contributed by atoms with E-state index < -0.39 is 27.1 Å². The number of benzene rings is 1. The number of aromatic nitrogens is 1. The van der Waals surface area contributed by atoms with Gasteiger partial charge in [-0.25, -0.2) is 13.4 Å². The van der Waals surface area contributed by atoms with E-state index in [1.807, 2.05) is 53.7 Å². The number of carboxylic acid groups (broad SMARTS) is 1. The molecule has 0 spiro atoms. The van der Waals surface area contributed by atoms with Gasteiger partial charge in [0.1, 0.15) is 0 Å². The summed E-state index contributed by atoms with van der Waals surface area (Å²) in [7, 11) is -3.51. The molecular formula is C31H44N2O5S2. The van der Waals surface area contributed by atoms with Crippen molar-refractivity contribution in [3.63, 3.8) is 0 Å². The zero-order chi connectivity index (χ0) is 29.5. The lowest BCUT2D eigenvalue weighted by Gasteiger charge is -2.32. The predicted molar refractivity (Wildman–Crippen MR) is 160 cm³/mol. The Kier molecular flexibility index (Phi) is 8.86. The van der Waals surface area contributed by atoms with Crippen molar-refractivity contribution >= 4 is 33.1 Å². The molecule has 2 aliphatic rings. The lowest BCUT2D eigenvalue weighted by molar-refractivity contribution is -0.145.